The second kappa shape index (κ2) is 8.43. The Morgan fingerprint density at radius 3 is 2.44 bits per heavy atom. The topological polar surface area (TPSA) is 59.6 Å². The maximum absolute atomic E-state index is 13.7. The summed E-state index contributed by atoms with van der Waals surface area (Å²) in [5.41, 5.74) is 0.838. The van der Waals surface area contributed by atoms with Crippen LogP contribution in [0.2, 0.25) is 0 Å². The largest absolute Gasteiger partial charge is 0.493 e. The van der Waals surface area contributed by atoms with Crippen LogP contribution in [-0.4, -0.2) is 26.7 Å². The summed E-state index contributed by atoms with van der Waals surface area (Å²) in [6.45, 7) is 1.66. The van der Waals surface area contributed by atoms with Crippen LogP contribution in [0.25, 0.3) is 0 Å². The highest BCUT2D eigenvalue weighted by Gasteiger charge is 2.13. The van der Waals surface area contributed by atoms with Crippen molar-refractivity contribution >= 4 is 11.6 Å². The van der Waals surface area contributed by atoms with E-state index in [0.717, 1.165) is 6.07 Å². The fourth-order valence-electron chi connectivity index (χ4n) is 2.33. The molecular formula is C18H20F2N2O3. The zero-order chi connectivity index (χ0) is 18.4. The van der Waals surface area contributed by atoms with Gasteiger partial charge in [0, 0.05) is 29.4 Å². The average Bonchev–Trinajstić information content (AvgIpc) is 2.59. The van der Waals surface area contributed by atoms with Gasteiger partial charge in [0.25, 0.3) is 0 Å². The number of anilines is 1. The molecule has 5 nitrogen and oxygen atoms in total. The van der Waals surface area contributed by atoms with Gasteiger partial charge in [0.15, 0.2) is 11.5 Å². The van der Waals surface area contributed by atoms with Crippen molar-refractivity contribution in [2.45, 2.75) is 13.0 Å². The monoisotopic (exact) mass is 350 g/mol. The van der Waals surface area contributed by atoms with Crippen LogP contribution in [0.5, 0.6) is 11.5 Å². The molecule has 2 aromatic rings. The van der Waals surface area contributed by atoms with Gasteiger partial charge in [0.1, 0.15) is 11.6 Å². The SMILES string of the molecule is COc1ccc(NC(=O)CN[C@@H](C)c2ccc(F)cc2F)cc1OC. The van der Waals surface area contributed by atoms with E-state index in [1.54, 1.807) is 25.1 Å². The van der Waals surface area contributed by atoms with Gasteiger partial charge in [-0.15, -0.1) is 0 Å². The van der Waals surface area contributed by atoms with E-state index >= 15 is 0 Å². The number of rotatable bonds is 7. The Bertz CT molecular complexity index is 753. The molecule has 0 aliphatic carbocycles. The summed E-state index contributed by atoms with van der Waals surface area (Å²) in [4.78, 5) is 12.0. The molecule has 0 aromatic heterocycles. The van der Waals surface area contributed by atoms with Crippen LogP contribution in [-0.2, 0) is 4.79 Å². The van der Waals surface area contributed by atoms with E-state index in [0.29, 0.717) is 22.7 Å². The summed E-state index contributed by atoms with van der Waals surface area (Å²) in [6.07, 6.45) is 0. The van der Waals surface area contributed by atoms with E-state index in [4.69, 9.17) is 9.47 Å². The molecule has 0 fully saturated rings. The van der Waals surface area contributed by atoms with Crippen LogP contribution in [0.3, 0.4) is 0 Å². The number of methoxy groups -OCH3 is 2. The van der Waals surface area contributed by atoms with Crippen molar-refractivity contribution < 1.29 is 23.0 Å². The van der Waals surface area contributed by atoms with Crippen molar-refractivity contribution in [1.82, 2.24) is 5.32 Å². The van der Waals surface area contributed by atoms with Crippen LogP contribution in [0.15, 0.2) is 36.4 Å². The van der Waals surface area contributed by atoms with E-state index in [1.807, 2.05) is 0 Å². The lowest BCUT2D eigenvalue weighted by atomic mass is 10.1. The van der Waals surface area contributed by atoms with Gasteiger partial charge in [-0.2, -0.15) is 0 Å². The summed E-state index contributed by atoms with van der Waals surface area (Å²) < 4.78 is 37.0. The van der Waals surface area contributed by atoms with Crippen molar-refractivity contribution in [2.75, 3.05) is 26.1 Å². The van der Waals surface area contributed by atoms with Gasteiger partial charge in [0.05, 0.1) is 20.8 Å². The Hall–Kier alpha value is -2.67. The number of carbonyl (C=O) groups excluding carboxylic acids is 1. The third kappa shape index (κ3) is 4.90. The molecule has 0 bridgehead atoms. The molecule has 0 spiro atoms. The number of carbonyl (C=O) groups is 1. The van der Waals surface area contributed by atoms with Crippen LogP contribution in [0, 0.1) is 11.6 Å². The molecule has 0 saturated heterocycles. The highest BCUT2D eigenvalue weighted by Crippen LogP contribution is 2.29. The maximum Gasteiger partial charge on any atom is 0.238 e. The Labute approximate surface area is 144 Å². The zero-order valence-electron chi connectivity index (χ0n) is 14.2. The highest BCUT2D eigenvalue weighted by atomic mass is 19.1. The van der Waals surface area contributed by atoms with Crippen LogP contribution < -0.4 is 20.1 Å². The minimum atomic E-state index is -0.653. The summed E-state index contributed by atoms with van der Waals surface area (Å²) in [5, 5.41) is 5.61. The number of hydrogen-bond donors (Lipinski definition) is 2. The van der Waals surface area contributed by atoms with Gasteiger partial charge in [-0.1, -0.05) is 6.07 Å². The third-order valence-corrected chi connectivity index (χ3v) is 3.67. The highest BCUT2D eigenvalue weighted by molar-refractivity contribution is 5.92. The second-order valence-electron chi connectivity index (χ2n) is 5.39. The molecule has 0 aliphatic rings. The standard InChI is InChI=1S/C18H20F2N2O3/c1-11(14-6-4-12(19)8-15(14)20)21-10-18(23)22-13-5-7-16(24-2)17(9-13)25-3/h4-9,11,21H,10H2,1-3H3,(H,22,23)/t11-/m0/s1. The first-order valence-corrected chi connectivity index (χ1v) is 7.64. The van der Waals surface area contributed by atoms with E-state index < -0.39 is 17.7 Å². The number of ether oxygens (including phenoxy) is 2. The summed E-state index contributed by atoms with van der Waals surface area (Å²) in [7, 11) is 3.03. The molecule has 2 rings (SSSR count). The Morgan fingerprint density at radius 2 is 1.80 bits per heavy atom. The smallest absolute Gasteiger partial charge is 0.238 e. The summed E-state index contributed by atoms with van der Waals surface area (Å²) in [5.74, 6) is -0.546. The molecule has 1 amide bonds. The van der Waals surface area contributed by atoms with Gasteiger partial charge in [-0.3, -0.25) is 4.79 Å². The molecule has 2 aromatic carbocycles. The lowest BCUT2D eigenvalue weighted by Crippen LogP contribution is -2.30. The van der Waals surface area contributed by atoms with E-state index in [2.05, 4.69) is 10.6 Å². The third-order valence-electron chi connectivity index (χ3n) is 3.67. The van der Waals surface area contributed by atoms with E-state index in [1.165, 1.54) is 26.4 Å². The fraction of sp³-hybridized carbons (Fsp3) is 0.278. The lowest BCUT2D eigenvalue weighted by molar-refractivity contribution is -0.115. The lowest BCUT2D eigenvalue weighted by Gasteiger charge is -2.15. The predicted molar refractivity (Wildman–Crippen MR) is 91.0 cm³/mol. The molecule has 0 radical (unpaired) electrons. The van der Waals surface area contributed by atoms with Crippen molar-refractivity contribution in [3.63, 3.8) is 0 Å². The van der Waals surface area contributed by atoms with Gasteiger partial charge >= 0.3 is 0 Å². The predicted octanol–water partition coefficient (Wildman–Crippen LogP) is 3.27. The first-order valence-electron chi connectivity index (χ1n) is 7.64. The molecule has 0 saturated carbocycles. The van der Waals surface area contributed by atoms with Crippen molar-refractivity contribution in [3.05, 3.63) is 53.6 Å². The summed E-state index contributed by atoms with van der Waals surface area (Å²) in [6, 6.07) is 7.91. The van der Waals surface area contributed by atoms with Crippen LogP contribution >= 0.6 is 0 Å². The maximum atomic E-state index is 13.7. The van der Waals surface area contributed by atoms with Crippen molar-refractivity contribution in [2.24, 2.45) is 0 Å². The number of hydrogen-bond acceptors (Lipinski definition) is 4. The van der Waals surface area contributed by atoms with Crippen LogP contribution in [0.4, 0.5) is 14.5 Å². The number of amides is 1. The molecule has 25 heavy (non-hydrogen) atoms. The van der Waals surface area contributed by atoms with Crippen molar-refractivity contribution in [1.29, 1.82) is 0 Å². The molecule has 2 N–H and O–H groups in total. The first kappa shape index (κ1) is 18.7. The molecule has 0 unspecified atom stereocenters. The fourth-order valence-corrected chi connectivity index (χ4v) is 2.33. The van der Waals surface area contributed by atoms with Crippen molar-refractivity contribution in [3.8, 4) is 11.5 Å². The minimum Gasteiger partial charge on any atom is -0.493 e. The van der Waals surface area contributed by atoms with E-state index in [-0.39, 0.29) is 12.5 Å². The molecular weight excluding hydrogens is 330 g/mol. The molecule has 7 heteroatoms. The number of halogens is 2. The van der Waals surface area contributed by atoms with Gasteiger partial charge in [0.2, 0.25) is 5.91 Å². The number of nitrogens with one attached hydrogen (secondary N) is 2. The molecule has 134 valence electrons. The Morgan fingerprint density at radius 1 is 1.08 bits per heavy atom. The van der Waals surface area contributed by atoms with Gasteiger partial charge in [-0.05, 0) is 25.1 Å². The average molecular weight is 350 g/mol. The van der Waals surface area contributed by atoms with Gasteiger partial charge < -0.3 is 20.1 Å². The zero-order valence-corrected chi connectivity index (χ0v) is 14.2. The normalized spacial score (nSPS) is 11.7. The number of benzene rings is 2. The first-order chi connectivity index (χ1) is 11.9. The van der Waals surface area contributed by atoms with E-state index in [9.17, 15) is 13.6 Å². The van der Waals surface area contributed by atoms with Gasteiger partial charge in [-0.25, -0.2) is 8.78 Å². The Balaban J connectivity index is 1.94. The van der Waals surface area contributed by atoms with Crippen LogP contribution in [0.1, 0.15) is 18.5 Å². The molecule has 0 aliphatic heterocycles. The Kier molecular flexibility index (Phi) is 6.30. The molecule has 0 heterocycles. The summed E-state index contributed by atoms with van der Waals surface area (Å²) >= 11 is 0. The molecule has 1 atom stereocenters. The second-order valence-corrected chi connectivity index (χ2v) is 5.39. The minimum absolute atomic E-state index is 0.0354. The quantitative estimate of drug-likeness (QED) is 0.805.